The van der Waals surface area contributed by atoms with E-state index in [1.807, 2.05) is 0 Å². The third kappa shape index (κ3) is 3.96. The van der Waals surface area contributed by atoms with E-state index < -0.39 is 0 Å². The molecule has 3 atom stereocenters. The highest BCUT2D eigenvalue weighted by Crippen LogP contribution is 2.49. The van der Waals surface area contributed by atoms with E-state index in [1.165, 1.54) is 32.4 Å². The Morgan fingerprint density at radius 2 is 2.00 bits per heavy atom. The molecule has 0 aromatic rings. The second kappa shape index (κ2) is 6.19. The quantitative estimate of drug-likeness (QED) is 0.733. The van der Waals surface area contributed by atoms with Crippen LogP contribution < -0.4 is 5.32 Å². The van der Waals surface area contributed by atoms with Crippen molar-refractivity contribution in [2.24, 2.45) is 17.8 Å². The summed E-state index contributed by atoms with van der Waals surface area (Å²) in [6, 6.07) is 0.619. The van der Waals surface area contributed by atoms with Crippen LogP contribution in [0.2, 0.25) is 0 Å². The average Bonchev–Trinajstić information content (AvgIpc) is 2.87. The lowest BCUT2D eigenvalue weighted by atomic mass is 9.86. The summed E-state index contributed by atoms with van der Waals surface area (Å²) >= 11 is 0. The predicted molar refractivity (Wildman–Crippen MR) is 74.2 cm³/mol. The lowest BCUT2D eigenvalue weighted by Crippen LogP contribution is -2.34. The molecule has 2 saturated carbocycles. The van der Waals surface area contributed by atoms with Gasteiger partial charge in [0.25, 0.3) is 0 Å². The fraction of sp³-hybridized carbons (Fsp3) is 1.00. The van der Waals surface area contributed by atoms with Crippen molar-refractivity contribution in [3.8, 4) is 0 Å². The summed E-state index contributed by atoms with van der Waals surface area (Å²) in [5.74, 6) is 3.27. The molecule has 2 aliphatic rings. The van der Waals surface area contributed by atoms with Gasteiger partial charge in [0.2, 0.25) is 0 Å². The number of hydrogen-bond acceptors (Lipinski definition) is 2. The van der Waals surface area contributed by atoms with Crippen molar-refractivity contribution in [3.63, 3.8) is 0 Å². The first-order chi connectivity index (χ1) is 8.15. The summed E-state index contributed by atoms with van der Waals surface area (Å²) in [6.07, 6.45) is 7.62. The Kier molecular flexibility index (Phi) is 4.87. The molecule has 2 aliphatic carbocycles. The van der Waals surface area contributed by atoms with Crippen LogP contribution in [0.25, 0.3) is 0 Å². The van der Waals surface area contributed by atoms with Crippen LogP contribution in [0.15, 0.2) is 0 Å². The standard InChI is InChI=1S/C15H30N2/c1-12(2)16-7-9-17(3)8-6-15-11-13-4-5-14(15)10-13/h12-16H,4-11H2,1-3H3. The van der Waals surface area contributed by atoms with Crippen LogP contribution in [0, 0.1) is 17.8 Å². The maximum absolute atomic E-state index is 3.49. The Labute approximate surface area is 107 Å². The molecule has 0 spiro atoms. The molecule has 2 bridgehead atoms. The largest absolute Gasteiger partial charge is 0.313 e. The maximum Gasteiger partial charge on any atom is 0.0104 e. The van der Waals surface area contributed by atoms with Crippen molar-refractivity contribution in [2.75, 3.05) is 26.7 Å². The molecule has 0 amide bonds. The van der Waals surface area contributed by atoms with E-state index in [4.69, 9.17) is 0 Å². The van der Waals surface area contributed by atoms with Crippen LogP contribution in [0.3, 0.4) is 0 Å². The summed E-state index contributed by atoms with van der Waals surface area (Å²) in [6.45, 7) is 8.06. The van der Waals surface area contributed by atoms with Gasteiger partial charge < -0.3 is 10.2 Å². The van der Waals surface area contributed by atoms with E-state index in [1.54, 1.807) is 12.8 Å². The molecule has 100 valence electrons. The van der Waals surface area contributed by atoms with E-state index in [2.05, 4.69) is 31.1 Å². The second-order valence-corrected chi connectivity index (χ2v) is 6.64. The fourth-order valence-electron chi connectivity index (χ4n) is 3.77. The van der Waals surface area contributed by atoms with Crippen LogP contribution in [0.5, 0.6) is 0 Å². The SMILES string of the molecule is CC(C)NCCN(C)CCC1CC2CCC1C2. The lowest BCUT2D eigenvalue weighted by molar-refractivity contribution is 0.251. The molecule has 0 heterocycles. The molecular weight excluding hydrogens is 208 g/mol. The average molecular weight is 238 g/mol. The van der Waals surface area contributed by atoms with Crippen molar-refractivity contribution in [1.82, 2.24) is 10.2 Å². The topological polar surface area (TPSA) is 15.3 Å². The van der Waals surface area contributed by atoms with Gasteiger partial charge in [-0.15, -0.1) is 0 Å². The molecule has 2 rings (SSSR count). The first kappa shape index (κ1) is 13.4. The summed E-state index contributed by atoms with van der Waals surface area (Å²) in [5.41, 5.74) is 0. The Morgan fingerprint density at radius 1 is 1.18 bits per heavy atom. The van der Waals surface area contributed by atoms with E-state index in [0.29, 0.717) is 6.04 Å². The number of fused-ring (bicyclic) bond motifs is 2. The van der Waals surface area contributed by atoms with Gasteiger partial charge in [0.05, 0.1) is 0 Å². The molecule has 0 aromatic carbocycles. The molecule has 0 saturated heterocycles. The van der Waals surface area contributed by atoms with Gasteiger partial charge in [-0.3, -0.25) is 0 Å². The summed E-state index contributed by atoms with van der Waals surface area (Å²) in [7, 11) is 2.27. The first-order valence-electron chi connectivity index (χ1n) is 7.57. The molecular formula is C15H30N2. The Hall–Kier alpha value is -0.0800. The van der Waals surface area contributed by atoms with Crippen molar-refractivity contribution < 1.29 is 0 Å². The smallest absolute Gasteiger partial charge is 0.0104 e. The highest BCUT2D eigenvalue weighted by Gasteiger charge is 2.38. The third-order valence-corrected chi connectivity index (χ3v) is 4.81. The van der Waals surface area contributed by atoms with Gasteiger partial charge >= 0.3 is 0 Å². The summed E-state index contributed by atoms with van der Waals surface area (Å²) < 4.78 is 0. The molecule has 0 aromatic heterocycles. The number of likely N-dealkylation sites (N-methyl/N-ethyl adjacent to an activating group) is 1. The predicted octanol–water partition coefficient (Wildman–Crippen LogP) is 2.74. The Balaban J connectivity index is 1.55. The van der Waals surface area contributed by atoms with Crippen LogP contribution in [0.1, 0.15) is 46.0 Å². The minimum Gasteiger partial charge on any atom is -0.313 e. The first-order valence-corrected chi connectivity index (χ1v) is 7.57. The van der Waals surface area contributed by atoms with Gasteiger partial charge in [0.15, 0.2) is 0 Å². The van der Waals surface area contributed by atoms with Crippen LogP contribution in [-0.4, -0.2) is 37.6 Å². The summed E-state index contributed by atoms with van der Waals surface area (Å²) in [4.78, 5) is 2.50. The van der Waals surface area contributed by atoms with E-state index in [0.717, 1.165) is 24.3 Å². The van der Waals surface area contributed by atoms with Gasteiger partial charge in [-0.1, -0.05) is 20.3 Å². The zero-order valence-corrected chi connectivity index (χ0v) is 11.9. The zero-order chi connectivity index (χ0) is 12.3. The highest BCUT2D eigenvalue weighted by molar-refractivity contribution is 4.90. The van der Waals surface area contributed by atoms with Crippen LogP contribution >= 0.6 is 0 Å². The molecule has 1 N–H and O–H groups in total. The van der Waals surface area contributed by atoms with Gasteiger partial charge in [-0.2, -0.15) is 0 Å². The number of nitrogens with one attached hydrogen (secondary N) is 1. The minimum atomic E-state index is 0.619. The lowest BCUT2D eigenvalue weighted by Gasteiger charge is -2.25. The van der Waals surface area contributed by atoms with Gasteiger partial charge in [-0.05, 0) is 57.0 Å². The van der Waals surface area contributed by atoms with Crippen molar-refractivity contribution in [1.29, 1.82) is 0 Å². The van der Waals surface area contributed by atoms with Gasteiger partial charge in [0.1, 0.15) is 0 Å². The highest BCUT2D eigenvalue weighted by atomic mass is 15.1. The van der Waals surface area contributed by atoms with E-state index in [-0.39, 0.29) is 0 Å². The van der Waals surface area contributed by atoms with Crippen molar-refractivity contribution in [3.05, 3.63) is 0 Å². The van der Waals surface area contributed by atoms with Gasteiger partial charge in [0, 0.05) is 19.1 Å². The second-order valence-electron chi connectivity index (χ2n) is 6.64. The summed E-state index contributed by atoms with van der Waals surface area (Å²) in [5, 5.41) is 3.49. The Bertz CT molecular complexity index is 227. The van der Waals surface area contributed by atoms with Crippen molar-refractivity contribution >= 4 is 0 Å². The molecule has 2 nitrogen and oxygen atoms in total. The molecule has 2 fully saturated rings. The minimum absolute atomic E-state index is 0.619. The Morgan fingerprint density at radius 3 is 2.59 bits per heavy atom. The number of rotatable bonds is 7. The molecule has 0 aliphatic heterocycles. The molecule has 17 heavy (non-hydrogen) atoms. The van der Waals surface area contributed by atoms with E-state index >= 15 is 0 Å². The van der Waals surface area contributed by atoms with Gasteiger partial charge in [-0.25, -0.2) is 0 Å². The normalized spacial score (nSPS) is 31.9. The fourth-order valence-corrected chi connectivity index (χ4v) is 3.77. The van der Waals surface area contributed by atoms with Crippen LogP contribution in [0.4, 0.5) is 0 Å². The number of nitrogens with zero attached hydrogens (tertiary/aromatic N) is 1. The van der Waals surface area contributed by atoms with Crippen LogP contribution in [-0.2, 0) is 0 Å². The monoisotopic (exact) mass is 238 g/mol. The molecule has 2 heteroatoms. The number of hydrogen-bond donors (Lipinski definition) is 1. The molecule has 0 radical (unpaired) electrons. The third-order valence-electron chi connectivity index (χ3n) is 4.81. The maximum atomic E-state index is 3.49. The molecule has 3 unspecified atom stereocenters. The van der Waals surface area contributed by atoms with Crippen molar-refractivity contribution in [2.45, 2.75) is 52.0 Å². The van der Waals surface area contributed by atoms with E-state index in [9.17, 15) is 0 Å². The zero-order valence-electron chi connectivity index (χ0n) is 11.9.